The zero-order chi connectivity index (χ0) is 19.2. The number of fused-ring (bicyclic) bond motifs is 1. The number of sulfone groups is 1. The maximum Gasteiger partial charge on any atom is 0.329 e. The van der Waals surface area contributed by atoms with Gasteiger partial charge in [0, 0.05) is 11.4 Å². The lowest BCUT2D eigenvalue weighted by Crippen LogP contribution is -2.37. The van der Waals surface area contributed by atoms with Crippen LogP contribution in [0.1, 0.15) is 0 Å². The van der Waals surface area contributed by atoms with Crippen LogP contribution in [-0.2, 0) is 9.84 Å². The van der Waals surface area contributed by atoms with Gasteiger partial charge in [-0.1, -0.05) is 0 Å². The highest BCUT2D eigenvalue weighted by atomic mass is 32.2. The highest BCUT2D eigenvalue weighted by Gasteiger charge is 2.54. The number of ether oxygens (including phenoxy) is 2. The molecule has 2 atom stereocenters. The molecule has 0 unspecified atom stereocenters. The molecule has 0 radical (unpaired) electrons. The van der Waals surface area contributed by atoms with E-state index in [0.717, 1.165) is 0 Å². The van der Waals surface area contributed by atoms with Gasteiger partial charge >= 0.3 is 6.03 Å². The van der Waals surface area contributed by atoms with Gasteiger partial charge in [0.05, 0.1) is 37.8 Å². The van der Waals surface area contributed by atoms with Crippen molar-refractivity contribution in [3.8, 4) is 11.5 Å². The summed E-state index contributed by atoms with van der Waals surface area (Å²) in [7, 11) is -0.0805. The number of carbonyl (C=O) groups is 1. The number of hydrogen-bond donors (Lipinski definition) is 0. The third kappa shape index (κ3) is 2.99. The summed E-state index contributed by atoms with van der Waals surface area (Å²) >= 11 is 0. The minimum absolute atomic E-state index is 0.0396. The summed E-state index contributed by atoms with van der Waals surface area (Å²) in [6.45, 7) is 0. The van der Waals surface area contributed by atoms with Crippen LogP contribution in [0.3, 0.4) is 0 Å². The molecule has 2 saturated heterocycles. The van der Waals surface area contributed by atoms with E-state index in [1.54, 1.807) is 72.6 Å². The van der Waals surface area contributed by atoms with Gasteiger partial charge in [0.2, 0.25) is 0 Å². The molecule has 7 nitrogen and oxygen atoms in total. The van der Waals surface area contributed by atoms with E-state index in [1.807, 2.05) is 0 Å². The van der Waals surface area contributed by atoms with Crippen LogP contribution in [0, 0.1) is 0 Å². The number of hydrogen-bond acceptors (Lipinski definition) is 5. The van der Waals surface area contributed by atoms with E-state index < -0.39 is 21.9 Å². The Labute approximate surface area is 158 Å². The van der Waals surface area contributed by atoms with E-state index in [0.29, 0.717) is 22.9 Å². The number of urea groups is 1. The molecular weight excluding hydrogens is 368 g/mol. The monoisotopic (exact) mass is 388 g/mol. The zero-order valence-corrected chi connectivity index (χ0v) is 15.8. The van der Waals surface area contributed by atoms with Gasteiger partial charge in [-0.25, -0.2) is 13.2 Å². The van der Waals surface area contributed by atoms with Crippen molar-refractivity contribution in [3.63, 3.8) is 0 Å². The predicted octanol–water partition coefficient (Wildman–Crippen LogP) is 2.32. The van der Waals surface area contributed by atoms with E-state index in [1.165, 1.54) is 0 Å². The highest BCUT2D eigenvalue weighted by molar-refractivity contribution is 7.91. The van der Waals surface area contributed by atoms with E-state index in [2.05, 4.69) is 0 Å². The second kappa shape index (κ2) is 6.45. The number of benzene rings is 2. The van der Waals surface area contributed by atoms with E-state index in [9.17, 15) is 13.2 Å². The lowest BCUT2D eigenvalue weighted by molar-refractivity contribution is 0.255. The molecule has 2 aliphatic heterocycles. The molecule has 0 aliphatic carbocycles. The van der Waals surface area contributed by atoms with Crippen LogP contribution in [0.15, 0.2) is 48.5 Å². The first-order valence-corrected chi connectivity index (χ1v) is 10.4. The third-order valence-electron chi connectivity index (χ3n) is 5.07. The standard InChI is InChI=1S/C19H20N2O5S/c1-25-15-7-3-13(4-8-15)20-17-11-27(23,24)12-18(17)21(19(20)22)14-5-9-16(26-2)10-6-14/h3-10,17-18H,11-12H2,1-2H3/t17-,18-/m0/s1. The lowest BCUT2D eigenvalue weighted by atomic mass is 10.1. The molecule has 2 fully saturated rings. The smallest absolute Gasteiger partial charge is 0.329 e. The molecule has 0 bridgehead atoms. The summed E-state index contributed by atoms with van der Waals surface area (Å²) < 4.78 is 34.9. The van der Waals surface area contributed by atoms with Gasteiger partial charge in [-0.05, 0) is 48.5 Å². The van der Waals surface area contributed by atoms with Gasteiger partial charge in [0.1, 0.15) is 11.5 Å². The van der Waals surface area contributed by atoms with Crippen molar-refractivity contribution in [3.05, 3.63) is 48.5 Å². The van der Waals surface area contributed by atoms with Crippen molar-refractivity contribution < 1.29 is 22.7 Å². The molecule has 0 aromatic heterocycles. The van der Waals surface area contributed by atoms with Crippen LogP contribution >= 0.6 is 0 Å². The van der Waals surface area contributed by atoms with E-state index in [-0.39, 0.29) is 17.5 Å². The Hall–Kier alpha value is -2.74. The Balaban J connectivity index is 1.75. The second-order valence-electron chi connectivity index (χ2n) is 6.63. The summed E-state index contributed by atoms with van der Waals surface area (Å²) in [6, 6.07) is 13.1. The van der Waals surface area contributed by atoms with Crippen LogP contribution in [0.4, 0.5) is 16.2 Å². The average Bonchev–Trinajstić information content (AvgIpc) is 3.10. The zero-order valence-electron chi connectivity index (χ0n) is 15.0. The largest absolute Gasteiger partial charge is 0.497 e. The molecule has 0 saturated carbocycles. The number of carbonyl (C=O) groups excluding carboxylic acids is 1. The summed E-state index contributed by atoms with van der Waals surface area (Å²) in [4.78, 5) is 16.4. The molecular formula is C19H20N2O5S. The van der Waals surface area contributed by atoms with Crippen LogP contribution in [0.5, 0.6) is 11.5 Å². The van der Waals surface area contributed by atoms with Gasteiger partial charge in [-0.2, -0.15) is 0 Å². The predicted molar refractivity (Wildman–Crippen MR) is 103 cm³/mol. The molecule has 27 heavy (non-hydrogen) atoms. The molecule has 4 rings (SSSR count). The van der Waals surface area contributed by atoms with Crippen molar-refractivity contribution in [1.29, 1.82) is 0 Å². The first-order chi connectivity index (χ1) is 12.9. The Morgan fingerprint density at radius 2 is 1.15 bits per heavy atom. The Morgan fingerprint density at radius 1 is 0.778 bits per heavy atom. The Kier molecular flexibility index (Phi) is 4.22. The minimum atomic E-state index is -3.22. The van der Waals surface area contributed by atoms with Gasteiger partial charge in [0.25, 0.3) is 0 Å². The number of rotatable bonds is 4. The lowest BCUT2D eigenvalue weighted by Gasteiger charge is -2.23. The van der Waals surface area contributed by atoms with Crippen molar-refractivity contribution >= 4 is 27.2 Å². The summed E-state index contributed by atoms with van der Waals surface area (Å²) in [5, 5.41) is 0. The quantitative estimate of drug-likeness (QED) is 0.752. The topological polar surface area (TPSA) is 76.2 Å². The number of nitrogens with zero attached hydrogens (tertiary/aromatic N) is 2. The van der Waals surface area contributed by atoms with Crippen LogP contribution in [0.25, 0.3) is 0 Å². The van der Waals surface area contributed by atoms with Gasteiger partial charge in [0.15, 0.2) is 9.84 Å². The molecule has 142 valence electrons. The van der Waals surface area contributed by atoms with Crippen LogP contribution in [0.2, 0.25) is 0 Å². The first-order valence-electron chi connectivity index (χ1n) is 8.54. The van der Waals surface area contributed by atoms with E-state index >= 15 is 0 Å². The molecule has 0 spiro atoms. The minimum Gasteiger partial charge on any atom is -0.497 e. The van der Waals surface area contributed by atoms with Gasteiger partial charge in [-0.15, -0.1) is 0 Å². The SMILES string of the molecule is COc1ccc(N2C(=O)N(c3ccc(OC)cc3)[C@H]3CS(=O)(=O)C[C@@H]32)cc1. The maximum atomic E-state index is 13.2. The molecule has 2 heterocycles. The fourth-order valence-corrected chi connectivity index (χ4v) is 5.71. The summed E-state index contributed by atoms with van der Waals surface area (Å²) in [6.07, 6.45) is 0. The summed E-state index contributed by atoms with van der Waals surface area (Å²) in [5.41, 5.74) is 1.31. The van der Waals surface area contributed by atoms with Crippen LogP contribution in [-0.4, -0.2) is 52.3 Å². The van der Waals surface area contributed by atoms with Gasteiger partial charge < -0.3 is 9.47 Å². The third-order valence-corrected chi connectivity index (χ3v) is 6.77. The van der Waals surface area contributed by atoms with Crippen molar-refractivity contribution in [2.24, 2.45) is 0 Å². The normalized spacial score (nSPS) is 23.4. The molecule has 8 heteroatoms. The Morgan fingerprint density at radius 3 is 1.48 bits per heavy atom. The second-order valence-corrected chi connectivity index (χ2v) is 8.78. The molecule has 2 aromatic rings. The fraction of sp³-hybridized carbons (Fsp3) is 0.316. The van der Waals surface area contributed by atoms with Crippen molar-refractivity contribution in [2.75, 3.05) is 35.5 Å². The highest BCUT2D eigenvalue weighted by Crippen LogP contribution is 2.38. The van der Waals surface area contributed by atoms with E-state index in [4.69, 9.17) is 9.47 Å². The number of amides is 2. The molecule has 2 aliphatic rings. The van der Waals surface area contributed by atoms with Crippen molar-refractivity contribution in [1.82, 2.24) is 0 Å². The van der Waals surface area contributed by atoms with Crippen LogP contribution < -0.4 is 19.3 Å². The first kappa shape index (κ1) is 17.7. The maximum absolute atomic E-state index is 13.2. The number of anilines is 2. The number of methoxy groups -OCH3 is 2. The molecule has 0 N–H and O–H groups in total. The summed E-state index contributed by atoms with van der Waals surface area (Å²) in [5.74, 6) is 1.27. The van der Waals surface area contributed by atoms with Gasteiger partial charge in [-0.3, -0.25) is 9.80 Å². The average molecular weight is 388 g/mol. The van der Waals surface area contributed by atoms with Crippen molar-refractivity contribution in [2.45, 2.75) is 12.1 Å². The Bertz CT molecular complexity index is 885. The fourth-order valence-electron chi connectivity index (χ4n) is 3.79. The molecule has 2 amide bonds. The molecule has 2 aromatic carbocycles.